The summed E-state index contributed by atoms with van der Waals surface area (Å²) in [5, 5.41) is 0. The van der Waals surface area contributed by atoms with Gasteiger partial charge < -0.3 is 4.74 Å². The van der Waals surface area contributed by atoms with Gasteiger partial charge in [0.25, 0.3) is 0 Å². The predicted octanol–water partition coefficient (Wildman–Crippen LogP) is 0.783. The Labute approximate surface area is 88.1 Å². The van der Waals surface area contributed by atoms with Crippen LogP contribution in [0.3, 0.4) is 0 Å². The lowest BCUT2D eigenvalue weighted by atomic mass is 10.2. The fraction of sp³-hybridized carbons (Fsp3) is 0.500. The van der Waals surface area contributed by atoms with E-state index in [0.29, 0.717) is 18.1 Å². The first kappa shape index (κ1) is 9.89. The lowest BCUT2D eigenvalue weighted by molar-refractivity contribution is -0.117. The highest BCUT2D eigenvalue weighted by molar-refractivity contribution is 6.01. The second-order valence-corrected chi connectivity index (χ2v) is 3.72. The molecule has 0 saturated heterocycles. The lowest BCUT2D eigenvalue weighted by Gasteiger charge is -2.20. The molecule has 0 spiro atoms. The number of fused-ring (bicyclic) bond motifs is 1. The highest BCUT2D eigenvalue weighted by Gasteiger charge is 2.33. The Balaban J connectivity index is 2.51. The molecule has 2 heterocycles. The van der Waals surface area contributed by atoms with Gasteiger partial charge in [0.15, 0.2) is 0 Å². The van der Waals surface area contributed by atoms with Crippen molar-refractivity contribution in [3.05, 3.63) is 11.9 Å². The summed E-state index contributed by atoms with van der Waals surface area (Å²) in [6.07, 6.45) is 1.75. The number of amides is 1. The zero-order chi connectivity index (χ0) is 11.0. The Bertz CT molecular complexity index is 404. The summed E-state index contributed by atoms with van der Waals surface area (Å²) in [5.74, 6) is 1.23. The third-order valence-electron chi connectivity index (χ3n) is 2.42. The van der Waals surface area contributed by atoms with Crippen LogP contribution in [-0.4, -0.2) is 29.0 Å². The van der Waals surface area contributed by atoms with Crippen LogP contribution in [-0.2, 0) is 11.2 Å². The summed E-state index contributed by atoms with van der Waals surface area (Å²) in [6, 6.07) is 0.110. The van der Waals surface area contributed by atoms with Crippen molar-refractivity contribution < 1.29 is 9.53 Å². The van der Waals surface area contributed by atoms with Crippen LogP contribution >= 0.6 is 0 Å². The quantitative estimate of drug-likeness (QED) is 0.719. The molecule has 0 unspecified atom stereocenters. The van der Waals surface area contributed by atoms with E-state index in [1.165, 1.54) is 6.33 Å². The van der Waals surface area contributed by atoms with E-state index in [2.05, 4.69) is 9.97 Å². The summed E-state index contributed by atoms with van der Waals surface area (Å²) in [5.41, 5.74) is 0.790. The van der Waals surface area contributed by atoms with Gasteiger partial charge >= 0.3 is 0 Å². The van der Waals surface area contributed by atoms with Gasteiger partial charge in [-0.15, -0.1) is 0 Å². The van der Waals surface area contributed by atoms with E-state index >= 15 is 0 Å². The molecule has 0 saturated carbocycles. The summed E-state index contributed by atoms with van der Waals surface area (Å²) in [6.45, 7) is 3.92. The third kappa shape index (κ3) is 1.44. The number of hydrogen-bond donors (Lipinski definition) is 0. The number of carbonyl (C=O) groups is 1. The minimum absolute atomic E-state index is 0.0544. The topological polar surface area (TPSA) is 55.3 Å². The fourth-order valence-electron chi connectivity index (χ4n) is 1.81. The van der Waals surface area contributed by atoms with Crippen LogP contribution in [0.1, 0.15) is 19.4 Å². The van der Waals surface area contributed by atoms with Gasteiger partial charge in [0.05, 0.1) is 19.1 Å². The number of rotatable bonds is 2. The Kier molecular flexibility index (Phi) is 2.30. The number of nitrogens with zero attached hydrogens (tertiary/aromatic N) is 3. The minimum Gasteiger partial charge on any atom is -0.481 e. The molecule has 0 radical (unpaired) electrons. The molecule has 1 aromatic heterocycles. The summed E-state index contributed by atoms with van der Waals surface area (Å²) in [7, 11) is 1.55. The average molecular weight is 207 g/mol. The lowest BCUT2D eigenvalue weighted by Crippen LogP contribution is -2.34. The zero-order valence-electron chi connectivity index (χ0n) is 9.02. The minimum atomic E-state index is 0.0544. The van der Waals surface area contributed by atoms with Crippen LogP contribution in [0.15, 0.2) is 6.33 Å². The van der Waals surface area contributed by atoms with Gasteiger partial charge in [-0.25, -0.2) is 9.97 Å². The van der Waals surface area contributed by atoms with Gasteiger partial charge in [0, 0.05) is 6.04 Å². The first-order chi connectivity index (χ1) is 7.15. The van der Waals surface area contributed by atoms with Crippen LogP contribution in [0, 0.1) is 0 Å². The molecule has 80 valence electrons. The maximum absolute atomic E-state index is 11.7. The van der Waals surface area contributed by atoms with E-state index in [9.17, 15) is 4.79 Å². The van der Waals surface area contributed by atoms with Gasteiger partial charge in [-0.05, 0) is 13.8 Å². The average Bonchev–Trinajstić information content (AvgIpc) is 2.53. The number of carbonyl (C=O) groups excluding carboxylic acids is 1. The van der Waals surface area contributed by atoms with Crippen LogP contribution in [0.4, 0.5) is 5.82 Å². The van der Waals surface area contributed by atoms with E-state index in [4.69, 9.17) is 4.74 Å². The van der Waals surface area contributed by atoms with Crippen molar-refractivity contribution in [3.63, 3.8) is 0 Å². The van der Waals surface area contributed by atoms with Crippen LogP contribution in [0.5, 0.6) is 5.88 Å². The van der Waals surface area contributed by atoms with E-state index in [1.54, 1.807) is 12.0 Å². The Morgan fingerprint density at radius 2 is 2.20 bits per heavy atom. The number of ether oxygens (including phenoxy) is 1. The first-order valence-corrected chi connectivity index (χ1v) is 4.85. The monoisotopic (exact) mass is 207 g/mol. The third-order valence-corrected chi connectivity index (χ3v) is 2.42. The second-order valence-electron chi connectivity index (χ2n) is 3.72. The molecule has 0 aromatic carbocycles. The van der Waals surface area contributed by atoms with Crippen molar-refractivity contribution in [1.29, 1.82) is 0 Å². The standard InChI is InChI=1S/C10H13N3O2/c1-6(2)13-8(14)4-7-9(13)11-5-12-10(7)15-3/h5-6H,4H2,1-3H3. The van der Waals surface area contributed by atoms with Gasteiger partial charge in [0.1, 0.15) is 12.1 Å². The molecule has 15 heavy (non-hydrogen) atoms. The molecule has 1 aliphatic rings. The van der Waals surface area contributed by atoms with Crippen molar-refractivity contribution in [3.8, 4) is 5.88 Å². The molecular weight excluding hydrogens is 194 g/mol. The maximum atomic E-state index is 11.7. The normalized spacial score (nSPS) is 14.7. The molecular formula is C10H13N3O2. The summed E-state index contributed by atoms with van der Waals surface area (Å²) in [4.78, 5) is 21.5. The predicted molar refractivity (Wildman–Crippen MR) is 54.9 cm³/mol. The van der Waals surface area contributed by atoms with Gasteiger partial charge in [0.2, 0.25) is 11.8 Å². The largest absolute Gasteiger partial charge is 0.481 e. The molecule has 5 heteroatoms. The SMILES string of the molecule is COc1ncnc2c1CC(=O)N2C(C)C. The Hall–Kier alpha value is -1.65. The van der Waals surface area contributed by atoms with E-state index in [-0.39, 0.29) is 11.9 Å². The van der Waals surface area contributed by atoms with Crippen molar-refractivity contribution in [2.24, 2.45) is 0 Å². The van der Waals surface area contributed by atoms with Crippen LogP contribution in [0.25, 0.3) is 0 Å². The van der Waals surface area contributed by atoms with Crippen LogP contribution in [0.2, 0.25) is 0 Å². The highest BCUT2D eigenvalue weighted by Crippen LogP contribution is 2.32. The number of anilines is 1. The molecule has 1 aromatic rings. The van der Waals surface area contributed by atoms with E-state index < -0.39 is 0 Å². The maximum Gasteiger partial charge on any atom is 0.233 e. The molecule has 5 nitrogen and oxygen atoms in total. The molecule has 1 amide bonds. The molecule has 0 atom stereocenters. The van der Waals surface area contributed by atoms with Crippen molar-refractivity contribution >= 4 is 11.7 Å². The molecule has 1 aliphatic heterocycles. The zero-order valence-corrected chi connectivity index (χ0v) is 9.02. The van der Waals surface area contributed by atoms with Crippen LogP contribution < -0.4 is 9.64 Å². The van der Waals surface area contributed by atoms with Crippen molar-refractivity contribution in [1.82, 2.24) is 9.97 Å². The fourth-order valence-corrected chi connectivity index (χ4v) is 1.81. The van der Waals surface area contributed by atoms with Crippen molar-refractivity contribution in [2.75, 3.05) is 12.0 Å². The molecule has 0 aliphatic carbocycles. The van der Waals surface area contributed by atoms with E-state index in [1.807, 2.05) is 13.8 Å². The Morgan fingerprint density at radius 3 is 2.80 bits per heavy atom. The highest BCUT2D eigenvalue weighted by atomic mass is 16.5. The smallest absolute Gasteiger partial charge is 0.233 e. The molecule has 0 fully saturated rings. The van der Waals surface area contributed by atoms with E-state index in [0.717, 1.165) is 5.56 Å². The Morgan fingerprint density at radius 1 is 1.47 bits per heavy atom. The first-order valence-electron chi connectivity index (χ1n) is 4.85. The molecule has 0 N–H and O–H groups in total. The number of methoxy groups -OCH3 is 1. The van der Waals surface area contributed by atoms with Gasteiger partial charge in [-0.2, -0.15) is 0 Å². The number of hydrogen-bond acceptors (Lipinski definition) is 4. The number of aromatic nitrogens is 2. The molecule has 0 bridgehead atoms. The van der Waals surface area contributed by atoms with Crippen molar-refractivity contribution in [2.45, 2.75) is 26.3 Å². The van der Waals surface area contributed by atoms with Gasteiger partial charge in [-0.3, -0.25) is 9.69 Å². The summed E-state index contributed by atoms with van der Waals surface area (Å²) < 4.78 is 5.10. The summed E-state index contributed by atoms with van der Waals surface area (Å²) >= 11 is 0. The second kappa shape index (κ2) is 3.49. The van der Waals surface area contributed by atoms with Gasteiger partial charge in [-0.1, -0.05) is 0 Å². The molecule has 2 rings (SSSR count).